The van der Waals surface area contributed by atoms with Gasteiger partial charge in [0.25, 0.3) is 5.91 Å². The molecule has 0 atom stereocenters. The molecule has 0 unspecified atom stereocenters. The number of carbonyl (C=O) groups is 1. The van der Waals surface area contributed by atoms with Gasteiger partial charge in [0.15, 0.2) is 0 Å². The van der Waals surface area contributed by atoms with Crippen molar-refractivity contribution in [2.75, 3.05) is 6.61 Å². The summed E-state index contributed by atoms with van der Waals surface area (Å²) in [4.78, 5) is 13.1. The van der Waals surface area contributed by atoms with Crippen LogP contribution in [0.3, 0.4) is 0 Å². The molecule has 0 aliphatic rings. The Kier molecular flexibility index (Phi) is 4.36. The summed E-state index contributed by atoms with van der Waals surface area (Å²) < 4.78 is 5.37. The second-order valence-corrected chi connectivity index (χ2v) is 4.76. The highest BCUT2D eigenvalue weighted by Crippen LogP contribution is 2.14. The van der Waals surface area contributed by atoms with E-state index in [2.05, 4.69) is 5.32 Å². The van der Waals surface area contributed by atoms with Crippen molar-refractivity contribution in [3.05, 3.63) is 52.2 Å². The van der Waals surface area contributed by atoms with E-state index in [1.165, 1.54) is 0 Å². The van der Waals surface area contributed by atoms with E-state index in [0.29, 0.717) is 18.7 Å². The number of hydrogen-bond acceptors (Lipinski definition) is 3. The van der Waals surface area contributed by atoms with E-state index in [0.717, 1.165) is 10.6 Å². The molecular formula is C14H15NO2S. The molecule has 0 saturated carbocycles. The molecule has 1 N–H and O–H groups in total. The lowest BCUT2D eigenvalue weighted by Gasteiger charge is -2.06. The van der Waals surface area contributed by atoms with E-state index < -0.39 is 0 Å². The zero-order valence-electron chi connectivity index (χ0n) is 10.2. The smallest absolute Gasteiger partial charge is 0.251 e. The second-order valence-electron chi connectivity index (χ2n) is 3.72. The topological polar surface area (TPSA) is 38.3 Å². The van der Waals surface area contributed by atoms with Gasteiger partial charge in [-0.2, -0.15) is 0 Å². The Hall–Kier alpha value is -1.81. The second kappa shape index (κ2) is 6.21. The quantitative estimate of drug-likeness (QED) is 0.898. The van der Waals surface area contributed by atoms with Gasteiger partial charge in [-0.05, 0) is 36.6 Å². The van der Waals surface area contributed by atoms with Crippen LogP contribution in [0.1, 0.15) is 22.2 Å². The van der Waals surface area contributed by atoms with Crippen molar-refractivity contribution in [1.82, 2.24) is 5.32 Å². The minimum atomic E-state index is -0.0787. The third-order valence-electron chi connectivity index (χ3n) is 2.41. The van der Waals surface area contributed by atoms with Crippen LogP contribution in [0.5, 0.6) is 5.75 Å². The molecule has 1 aromatic heterocycles. The molecule has 0 fully saturated rings. The summed E-state index contributed by atoms with van der Waals surface area (Å²) in [7, 11) is 0. The first-order valence-corrected chi connectivity index (χ1v) is 6.71. The number of carbonyl (C=O) groups excluding carboxylic acids is 1. The maximum absolute atomic E-state index is 11.9. The Morgan fingerprint density at radius 2 is 2.22 bits per heavy atom. The molecule has 4 heteroatoms. The van der Waals surface area contributed by atoms with Gasteiger partial charge in [0.1, 0.15) is 5.75 Å². The van der Waals surface area contributed by atoms with E-state index in [9.17, 15) is 4.79 Å². The highest BCUT2D eigenvalue weighted by Gasteiger charge is 2.06. The molecule has 1 heterocycles. The number of rotatable bonds is 5. The number of ether oxygens (including phenoxy) is 1. The Morgan fingerprint density at radius 3 is 2.94 bits per heavy atom. The average Bonchev–Trinajstić information content (AvgIpc) is 2.90. The van der Waals surface area contributed by atoms with E-state index in [-0.39, 0.29) is 5.91 Å². The van der Waals surface area contributed by atoms with Crippen molar-refractivity contribution in [1.29, 1.82) is 0 Å². The number of hydrogen-bond donors (Lipinski definition) is 1. The molecule has 0 aliphatic carbocycles. The predicted molar refractivity (Wildman–Crippen MR) is 73.1 cm³/mol. The van der Waals surface area contributed by atoms with Crippen molar-refractivity contribution in [3.63, 3.8) is 0 Å². The minimum Gasteiger partial charge on any atom is -0.494 e. The summed E-state index contributed by atoms with van der Waals surface area (Å²) in [6, 6.07) is 11.2. The Morgan fingerprint density at radius 1 is 1.33 bits per heavy atom. The normalized spacial score (nSPS) is 10.1. The van der Waals surface area contributed by atoms with Crippen LogP contribution in [0.4, 0.5) is 0 Å². The SMILES string of the molecule is CCOc1cccc(C(=O)NCc2cccs2)c1. The lowest BCUT2D eigenvalue weighted by atomic mass is 10.2. The summed E-state index contributed by atoms with van der Waals surface area (Å²) >= 11 is 1.63. The Bertz CT molecular complexity index is 508. The number of thiophene rings is 1. The van der Waals surface area contributed by atoms with Gasteiger partial charge in [-0.1, -0.05) is 12.1 Å². The first kappa shape index (κ1) is 12.6. The van der Waals surface area contributed by atoms with Crippen LogP contribution in [-0.4, -0.2) is 12.5 Å². The molecule has 3 nitrogen and oxygen atoms in total. The van der Waals surface area contributed by atoms with Gasteiger partial charge in [-0.3, -0.25) is 4.79 Å². The van der Waals surface area contributed by atoms with Gasteiger partial charge in [-0.25, -0.2) is 0 Å². The fourth-order valence-electron chi connectivity index (χ4n) is 1.58. The Labute approximate surface area is 110 Å². The minimum absolute atomic E-state index is 0.0787. The highest BCUT2D eigenvalue weighted by atomic mass is 32.1. The van der Waals surface area contributed by atoms with Gasteiger partial charge < -0.3 is 10.1 Å². The van der Waals surface area contributed by atoms with Gasteiger partial charge in [0, 0.05) is 10.4 Å². The molecule has 18 heavy (non-hydrogen) atoms. The van der Waals surface area contributed by atoms with E-state index in [1.54, 1.807) is 23.5 Å². The zero-order valence-corrected chi connectivity index (χ0v) is 11.0. The monoisotopic (exact) mass is 261 g/mol. The highest BCUT2D eigenvalue weighted by molar-refractivity contribution is 7.09. The molecule has 94 valence electrons. The standard InChI is InChI=1S/C14H15NO2S/c1-2-17-12-6-3-5-11(9-12)14(16)15-10-13-7-4-8-18-13/h3-9H,2,10H2,1H3,(H,15,16). The molecule has 1 aromatic carbocycles. The average molecular weight is 261 g/mol. The molecular weight excluding hydrogens is 246 g/mol. The van der Waals surface area contributed by atoms with Crippen LogP contribution in [-0.2, 0) is 6.54 Å². The summed E-state index contributed by atoms with van der Waals surface area (Å²) in [5.41, 5.74) is 0.623. The molecule has 0 saturated heterocycles. The maximum Gasteiger partial charge on any atom is 0.251 e. The molecule has 0 bridgehead atoms. The van der Waals surface area contributed by atoms with Crippen molar-refractivity contribution in [2.45, 2.75) is 13.5 Å². The van der Waals surface area contributed by atoms with Crippen molar-refractivity contribution in [3.8, 4) is 5.75 Å². The van der Waals surface area contributed by atoms with Crippen LogP contribution in [0.2, 0.25) is 0 Å². The van der Waals surface area contributed by atoms with E-state index in [4.69, 9.17) is 4.74 Å². The van der Waals surface area contributed by atoms with Crippen LogP contribution >= 0.6 is 11.3 Å². The molecule has 0 aliphatic heterocycles. The summed E-state index contributed by atoms with van der Waals surface area (Å²) in [6.45, 7) is 3.08. The number of benzene rings is 1. The largest absolute Gasteiger partial charge is 0.494 e. The zero-order chi connectivity index (χ0) is 12.8. The van der Waals surface area contributed by atoms with Crippen molar-refractivity contribution >= 4 is 17.2 Å². The van der Waals surface area contributed by atoms with Gasteiger partial charge in [-0.15, -0.1) is 11.3 Å². The van der Waals surface area contributed by atoms with E-state index >= 15 is 0 Å². The summed E-state index contributed by atoms with van der Waals surface area (Å²) in [5, 5.41) is 4.88. The van der Waals surface area contributed by atoms with Gasteiger partial charge in [0.2, 0.25) is 0 Å². The lowest BCUT2D eigenvalue weighted by molar-refractivity contribution is 0.0951. The van der Waals surface area contributed by atoms with Gasteiger partial charge >= 0.3 is 0 Å². The predicted octanol–water partition coefficient (Wildman–Crippen LogP) is 3.08. The first-order valence-electron chi connectivity index (χ1n) is 5.83. The summed E-state index contributed by atoms with van der Waals surface area (Å²) in [5.74, 6) is 0.645. The van der Waals surface area contributed by atoms with E-state index in [1.807, 2.05) is 36.6 Å². The molecule has 2 rings (SSSR count). The van der Waals surface area contributed by atoms with Crippen LogP contribution < -0.4 is 10.1 Å². The fraction of sp³-hybridized carbons (Fsp3) is 0.214. The van der Waals surface area contributed by atoms with Crippen LogP contribution in [0.25, 0.3) is 0 Å². The number of nitrogens with one attached hydrogen (secondary N) is 1. The Balaban J connectivity index is 1.97. The first-order chi connectivity index (χ1) is 8.79. The van der Waals surface area contributed by atoms with Crippen LogP contribution in [0, 0.1) is 0 Å². The number of amides is 1. The molecule has 0 spiro atoms. The lowest BCUT2D eigenvalue weighted by Crippen LogP contribution is -2.22. The summed E-state index contributed by atoms with van der Waals surface area (Å²) in [6.07, 6.45) is 0. The third-order valence-corrected chi connectivity index (χ3v) is 3.29. The third kappa shape index (κ3) is 3.34. The molecule has 1 amide bonds. The van der Waals surface area contributed by atoms with Crippen LogP contribution in [0.15, 0.2) is 41.8 Å². The van der Waals surface area contributed by atoms with Gasteiger partial charge in [0.05, 0.1) is 13.2 Å². The maximum atomic E-state index is 11.9. The van der Waals surface area contributed by atoms with Crippen molar-refractivity contribution in [2.24, 2.45) is 0 Å². The molecule has 2 aromatic rings. The fourth-order valence-corrected chi connectivity index (χ4v) is 2.22. The molecule has 0 radical (unpaired) electrons. The van der Waals surface area contributed by atoms with Crippen molar-refractivity contribution < 1.29 is 9.53 Å².